The van der Waals surface area contributed by atoms with Crippen molar-refractivity contribution >= 4 is 55.9 Å². The van der Waals surface area contributed by atoms with Crippen LogP contribution in [0, 0.1) is 0 Å². The molecular formula is C52H51N5. The molecule has 5 heteroatoms. The van der Waals surface area contributed by atoms with Crippen molar-refractivity contribution in [3.8, 4) is 16.9 Å². The molecule has 9 rings (SSSR count). The van der Waals surface area contributed by atoms with Crippen LogP contribution in [0.3, 0.4) is 0 Å². The first-order valence-electron chi connectivity index (χ1n) is 20.3. The summed E-state index contributed by atoms with van der Waals surface area (Å²) in [5.41, 5.74) is 14.4. The van der Waals surface area contributed by atoms with Gasteiger partial charge in [-0.3, -0.25) is 4.57 Å². The van der Waals surface area contributed by atoms with Gasteiger partial charge >= 0.3 is 0 Å². The fourth-order valence-corrected chi connectivity index (χ4v) is 8.76. The van der Waals surface area contributed by atoms with E-state index in [1.165, 1.54) is 44.4 Å². The summed E-state index contributed by atoms with van der Waals surface area (Å²) in [6.07, 6.45) is 1.98. The first-order chi connectivity index (χ1) is 27.6. The van der Waals surface area contributed by atoms with Crippen molar-refractivity contribution in [1.82, 2.24) is 9.55 Å². The Hall–Kier alpha value is -6.33. The number of anilines is 6. The lowest BCUT2D eigenvalue weighted by molar-refractivity contribution is 0.518. The molecule has 0 saturated heterocycles. The highest BCUT2D eigenvalue weighted by atomic mass is 15.4. The summed E-state index contributed by atoms with van der Waals surface area (Å²) in [7, 11) is 0. The van der Waals surface area contributed by atoms with E-state index >= 15 is 0 Å². The molecule has 1 aliphatic rings. The molecule has 8 aromatic rings. The number of fused-ring (bicyclic) bond motifs is 4. The Balaban J connectivity index is 1.21. The third-order valence-electron chi connectivity index (χ3n) is 11.5. The van der Waals surface area contributed by atoms with Crippen LogP contribution in [0.2, 0.25) is 0 Å². The van der Waals surface area contributed by atoms with Crippen LogP contribution in [0.4, 0.5) is 34.1 Å². The second-order valence-corrected chi connectivity index (χ2v) is 16.9. The highest BCUT2D eigenvalue weighted by Gasteiger charge is 2.33. The molecular weight excluding hydrogens is 695 g/mol. The molecule has 284 valence electrons. The minimum Gasteiger partial charge on any atom is -0.347 e. The predicted octanol–water partition coefficient (Wildman–Crippen LogP) is 14.3. The molecule has 57 heavy (non-hydrogen) atoms. The van der Waals surface area contributed by atoms with E-state index in [1.54, 1.807) is 0 Å². The molecule has 0 atom stereocenters. The maximum atomic E-state index is 5.08. The fourth-order valence-electron chi connectivity index (χ4n) is 8.76. The van der Waals surface area contributed by atoms with E-state index in [0.29, 0.717) is 11.8 Å². The number of para-hydroxylation sites is 4. The number of rotatable bonds is 8. The Kier molecular flexibility index (Phi) is 9.12. The largest absolute Gasteiger partial charge is 0.347 e. The van der Waals surface area contributed by atoms with Crippen LogP contribution in [0.25, 0.3) is 38.8 Å². The van der Waals surface area contributed by atoms with Gasteiger partial charge in [0.25, 0.3) is 0 Å². The maximum absolute atomic E-state index is 5.08. The summed E-state index contributed by atoms with van der Waals surface area (Å²) in [4.78, 5) is 12.4. The molecule has 0 amide bonds. The SMILES string of the molecule is CC(C)c1cccc(C(C)C)c1-c1ccnc(-n2c3ccccc3c3ccc(N(c4ccccc4)c4cccc(N5CN(C(C)(C)C)c6ccccc65)c4)cc32)c1. The molecule has 2 aromatic heterocycles. The summed E-state index contributed by atoms with van der Waals surface area (Å²) in [5.74, 6) is 1.70. The molecule has 5 nitrogen and oxygen atoms in total. The van der Waals surface area contributed by atoms with Gasteiger partial charge in [-0.15, -0.1) is 0 Å². The summed E-state index contributed by atoms with van der Waals surface area (Å²) in [5, 5.41) is 2.41. The first-order valence-corrected chi connectivity index (χ1v) is 20.3. The van der Waals surface area contributed by atoms with Gasteiger partial charge in [-0.05, 0) is 128 Å². The van der Waals surface area contributed by atoms with Gasteiger partial charge in [0.05, 0.1) is 29.1 Å². The number of pyridine rings is 1. The second kappa shape index (κ2) is 14.3. The zero-order chi connectivity index (χ0) is 39.4. The van der Waals surface area contributed by atoms with E-state index in [1.807, 2.05) is 6.20 Å². The average Bonchev–Trinajstić information content (AvgIpc) is 3.78. The number of nitrogens with zero attached hydrogens (tertiary/aromatic N) is 5. The number of hydrogen-bond donors (Lipinski definition) is 0. The lowest BCUT2D eigenvalue weighted by Crippen LogP contribution is -2.42. The molecule has 6 aromatic carbocycles. The molecule has 0 radical (unpaired) electrons. The van der Waals surface area contributed by atoms with Crippen LogP contribution in [-0.4, -0.2) is 21.8 Å². The Morgan fingerprint density at radius 2 is 1.19 bits per heavy atom. The van der Waals surface area contributed by atoms with Gasteiger partial charge in [-0.25, -0.2) is 4.98 Å². The second-order valence-electron chi connectivity index (χ2n) is 16.9. The third-order valence-corrected chi connectivity index (χ3v) is 11.5. The van der Waals surface area contributed by atoms with Crippen LogP contribution in [0.15, 0.2) is 158 Å². The Morgan fingerprint density at radius 3 is 1.93 bits per heavy atom. The van der Waals surface area contributed by atoms with E-state index in [9.17, 15) is 0 Å². The fraction of sp³-hybridized carbons (Fsp3) is 0.212. The molecule has 0 aliphatic carbocycles. The highest BCUT2D eigenvalue weighted by molar-refractivity contribution is 6.10. The average molecular weight is 746 g/mol. The summed E-state index contributed by atoms with van der Waals surface area (Å²) < 4.78 is 2.35. The minimum absolute atomic E-state index is 0.0185. The molecule has 0 N–H and O–H groups in total. The topological polar surface area (TPSA) is 27.5 Å². The van der Waals surface area contributed by atoms with Gasteiger partial charge in [0.2, 0.25) is 0 Å². The van der Waals surface area contributed by atoms with Crippen molar-refractivity contribution in [2.45, 2.75) is 65.8 Å². The van der Waals surface area contributed by atoms with Gasteiger partial charge in [-0.1, -0.05) is 107 Å². The van der Waals surface area contributed by atoms with E-state index in [2.05, 4.69) is 219 Å². The highest BCUT2D eigenvalue weighted by Crippen LogP contribution is 2.46. The zero-order valence-electron chi connectivity index (χ0n) is 34.1. The maximum Gasteiger partial charge on any atom is 0.138 e. The Morgan fingerprint density at radius 1 is 0.561 bits per heavy atom. The van der Waals surface area contributed by atoms with Crippen molar-refractivity contribution in [2.75, 3.05) is 21.4 Å². The first kappa shape index (κ1) is 36.3. The van der Waals surface area contributed by atoms with E-state index in [4.69, 9.17) is 4.98 Å². The number of aromatic nitrogens is 2. The van der Waals surface area contributed by atoms with Crippen LogP contribution in [-0.2, 0) is 0 Å². The number of benzene rings is 6. The van der Waals surface area contributed by atoms with E-state index < -0.39 is 0 Å². The number of hydrogen-bond acceptors (Lipinski definition) is 4. The van der Waals surface area contributed by atoms with Gasteiger partial charge in [0.15, 0.2) is 0 Å². The van der Waals surface area contributed by atoms with Crippen molar-refractivity contribution in [3.63, 3.8) is 0 Å². The molecule has 1 aliphatic heterocycles. The van der Waals surface area contributed by atoms with Crippen molar-refractivity contribution in [1.29, 1.82) is 0 Å². The summed E-state index contributed by atoms with van der Waals surface area (Å²) >= 11 is 0. The lowest BCUT2D eigenvalue weighted by Gasteiger charge is -2.34. The standard InChI is InChI=1S/C52H51N5/c1-35(2)42-22-16-23-43(36(3)4)51(42)37-29-30-53-50(31-37)57-46-24-12-11-21-44(46)45-28-27-41(33-49(45)57)56(38-17-9-8-10-18-38)40-20-15-19-39(32-40)54-34-55(52(5,6)7)48-26-14-13-25-47(48)54/h8-33,35-36H,34H2,1-7H3. The van der Waals surface area contributed by atoms with Gasteiger partial charge in [-0.2, -0.15) is 0 Å². The van der Waals surface area contributed by atoms with Crippen LogP contribution in [0.5, 0.6) is 0 Å². The van der Waals surface area contributed by atoms with Crippen molar-refractivity contribution in [3.05, 3.63) is 169 Å². The third kappa shape index (κ3) is 6.41. The Labute approximate surface area is 337 Å². The quantitative estimate of drug-likeness (QED) is 0.155. The Bertz CT molecular complexity index is 2710. The van der Waals surface area contributed by atoms with Crippen molar-refractivity contribution in [2.24, 2.45) is 0 Å². The van der Waals surface area contributed by atoms with E-state index in [-0.39, 0.29) is 5.54 Å². The monoisotopic (exact) mass is 745 g/mol. The molecule has 3 heterocycles. The summed E-state index contributed by atoms with van der Waals surface area (Å²) in [6.45, 7) is 16.8. The minimum atomic E-state index is -0.0185. The molecule has 0 spiro atoms. The summed E-state index contributed by atoms with van der Waals surface area (Å²) in [6, 6.07) is 55.3. The van der Waals surface area contributed by atoms with E-state index in [0.717, 1.165) is 46.3 Å². The predicted molar refractivity (Wildman–Crippen MR) is 243 cm³/mol. The molecule has 0 unspecified atom stereocenters. The van der Waals surface area contributed by atoms with Crippen LogP contribution >= 0.6 is 0 Å². The molecule has 0 fully saturated rings. The smallest absolute Gasteiger partial charge is 0.138 e. The lowest BCUT2D eigenvalue weighted by atomic mass is 9.85. The molecule has 0 saturated carbocycles. The van der Waals surface area contributed by atoms with Gasteiger partial charge in [0.1, 0.15) is 5.82 Å². The van der Waals surface area contributed by atoms with Gasteiger partial charge in [0, 0.05) is 45.3 Å². The zero-order valence-corrected chi connectivity index (χ0v) is 34.1. The van der Waals surface area contributed by atoms with Gasteiger partial charge < -0.3 is 14.7 Å². The molecule has 0 bridgehead atoms. The normalized spacial score (nSPS) is 13.0. The van der Waals surface area contributed by atoms with Crippen LogP contribution < -0.4 is 14.7 Å². The van der Waals surface area contributed by atoms with Crippen molar-refractivity contribution < 1.29 is 0 Å². The van der Waals surface area contributed by atoms with Crippen LogP contribution in [0.1, 0.15) is 71.4 Å².